The number of carbonyl (C=O) groups is 1. The lowest BCUT2D eigenvalue weighted by molar-refractivity contribution is 0.0984. The standard InChI is InChI=1S/C13H16O2S/c1-15-11-6-4-5-10(9-11)13(14)12-7-2-3-8-16-12/h4-6,9,12H,2-3,7-8H2,1H3. The highest BCUT2D eigenvalue weighted by atomic mass is 32.2. The molecule has 16 heavy (non-hydrogen) atoms. The first-order valence-electron chi connectivity index (χ1n) is 5.61. The van der Waals surface area contributed by atoms with Gasteiger partial charge in [0.05, 0.1) is 12.4 Å². The Balaban J connectivity index is 2.12. The predicted molar refractivity (Wildman–Crippen MR) is 67.4 cm³/mol. The molecule has 0 saturated carbocycles. The van der Waals surface area contributed by atoms with Gasteiger partial charge in [-0.3, -0.25) is 4.79 Å². The van der Waals surface area contributed by atoms with Gasteiger partial charge in [0.1, 0.15) is 5.75 Å². The minimum absolute atomic E-state index is 0.154. The molecular weight excluding hydrogens is 220 g/mol. The van der Waals surface area contributed by atoms with Gasteiger partial charge < -0.3 is 4.74 Å². The Morgan fingerprint density at radius 3 is 3.00 bits per heavy atom. The van der Waals surface area contributed by atoms with Crippen LogP contribution in [-0.2, 0) is 0 Å². The van der Waals surface area contributed by atoms with Crippen LogP contribution in [0.1, 0.15) is 29.6 Å². The fourth-order valence-electron chi connectivity index (χ4n) is 1.91. The SMILES string of the molecule is COc1cccc(C(=O)C2CCCCS2)c1. The van der Waals surface area contributed by atoms with E-state index in [4.69, 9.17) is 4.74 Å². The minimum Gasteiger partial charge on any atom is -0.497 e. The molecule has 0 N–H and O–H groups in total. The summed E-state index contributed by atoms with van der Waals surface area (Å²) < 4.78 is 5.13. The summed E-state index contributed by atoms with van der Waals surface area (Å²) in [5, 5.41) is 0.154. The van der Waals surface area contributed by atoms with Crippen LogP contribution in [0.3, 0.4) is 0 Å². The summed E-state index contributed by atoms with van der Waals surface area (Å²) in [6.45, 7) is 0. The molecule has 2 rings (SSSR count). The third-order valence-electron chi connectivity index (χ3n) is 2.83. The molecule has 1 aromatic carbocycles. The summed E-state index contributed by atoms with van der Waals surface area (Å²) in [6, 6.07) is 7.45. The Kier molecular flexibility index (Phi) is 3.88. The third-order valence-corrected chi connectivity index (χ3v) is 4.20. The van der Waals surface area contributed by atoms with Crippen LogP contribution in [0.4, 0.5) is 0 Å². The molecule has 1 unspecified atom stereocenters. The maximum Gasteiger partial charge on any atom is 0.175 e. The van der Waals surface area contributed by atoms with Crippen LogP contribution in [-0.4, -0.2) is 23.9 Å². The Hall–Kier alpha value is -0.960. The van der Waals surface area contributed by atoms with Crippen molar-refractivity contribution >= 4 is 17.5 Å². The van der Waals surface area contributed by atoms with Gasteiger partial charge in [-0.1, -0.05) is 18.6 Å². The van der Waals surface area contributed by atoms with Crippen LogP contribution in [0.5, 0.6) is 5.75 Å². The summed E-state index contributed by atoms with van der Waals surface area (Å²) in [7, 11) is 1.62. The molecule has 1 atom stereocenters. The van der Waals surface area contributed by atoms with Crippen LogP contribution in [0.2, 0.25) is 0 Å². The Bertz CT molecular complexity index is 370. The summed E-state index contributed by atoms with van der Waals surface area (Å²) in [5.74, 6) is 2.12. The van der Waals surface area contributed by atoms with Gasteiger partial charge in [-0.15, -0.1) is 0 Å². The van der Waals surface area contributed by atoms with E-state index in [2.05, 4.69) is 0 Å². The molecule has 2 nitrogen and oxygen atoms in total. The number of ketones is 1. The van der Waals surface area contributed by atoms with E-state index in [0.29, 0.717) is 0 Å². The molecule has 1 aromatic rings. The number of ether oxygens (including phenoxy) is 1. The molecule has 0 aromatic heterocycles. The second-order valence-corrected chi connectivity index (χ2v) is 5.26. The van der Waals surface area contributed by atoms with E-state index in [1.54, 1.807) is 18.9 Å². The second kappa shape index (κ2) is 5.39. The molecule has 86 valence electrons. The number of rotatable bonds is 3. The van der Waals surface area contributed by atoms with Gasteiger partial charge in [-0.25, -0.2) is 0 Å². The third kappa shape index (κ3) is 2.59. The van der Waals surface area contributed by atoms with Crippen LogP contribution in [0.15, 0.2) is 24.3 Å². The van der Waals surface area contributed by atoms with Crippen LogP contribution in [0.25, 0.3) is 0 Å². The molecule has 0 bridgehead atoms. The van der Waals surface area contributed by atoms with Gasteiger partial charge >= 0.3 is 0 Å². The lowest BCUT2D eigenvalue weighted by Crippen LogP contribution is -2.20. The largest absolute Gasteiger partial charge is 0.497 e. The molecule has 0 amide bonds. The van der Waals surface area contributed by atoms with E-state index in [1.807, 2.05) is 24.3 Å². The van der Waals surface area contributed by atoms with Crippen molar-refractivity contribution in [3.05, 3.63) is 29.8 Å². The highest BCUT2D eigenvalue weighted by molar-refractivity contribution is 8.00. The summed E-state index contributed by atoms with van der Waals surface area (Å²) in [4.78, 5) is 12.2. The van der Waals surface area contributed by atoms with E-state index < -0.39 is 0 Å². The Morgan fingerprint density at radius 2 is 2.31 bits per heavy atom. The number of hydrogen-bond donors (Lipinski definition) is 0. The van der Waals surface area contributed by atoms with Gasteiger partial charge in [0.2, 0.25) is 0 Å². The van der Waals surface area contributed by atoms with E-state index >= 15 is 0 Å². The molecule has 0 radical (unpaired) electrons. The van der Waals surface area contributed by atoms with Crippen LogP contribution < -0.4 is 4.74 Å². The van der Waals surface area contributed by atoms with Gasteiger partial charge in [-0.05, 0) is 30.7 Å². The first-order chi connectivity index (χ1) is 7.81. The normalized spacial score (nSPS) is 20.4. The molecule has 0 aliphatic carbocycles. The minimum atomic E-state index is 0.154. The number of carbonyl (C=O) groups excluding carboxylic acids is 1. The zero-order chi connectivity index (χ0) is 11.4. The quantitative estimate of drug-likeness (QED) is 0.754. The fourth-order valence-corrected chi connectivity index (χ4v) is 3.19. The van der Waals surface area contributed by atoms with Crippen molar-refractivity contribution in [3.8, 4) is 5.75 Å². The Morgan fingerprint density at radius 1 is 1.44 bits per heavy atom. The highest BCUT2D eigenvalue weighted by Crippen LogP contribution is 2.28. The van der Waals surface area contributed by atoms with Gasteiger partial charge in [0, 0.05) is 5.56 Å². The van der Waals surface area contributed by atoms with Gasteiger partial charge in [0.15, 0.2) is 5.78 Å². The monoisotopic (exact) mass is 236 g/mol. The average molecular weight is 236 g/mol. The topological polar surface area (TPSA) is 26.3 Å². The summed E-state index contributed by atoms with van der Waals surface area (Å²) >= 11 is 1.79. The van der Waals surface area contributed by atoms with E-state index in [1.165, 1.54) is 12.8 Å². The molecule has 1 saturated heterocycles. The first kappa shape index (κ1) is 11.5. The smallest absolute Gasteiger partial charge is 0.175 e. The number of methoxy groups -OCH3 is 1. The first-order valence-corrected chi connectivity index (χ1v) is 6.66. The zero-order valence-electron chi connectivity index (χ0n) is 9.44. The van der Waals surface area contributed by atoms with E-state index in [9.17, 15) is 4.79 Å². The molecule has 1 heterocycles. The maximum absolute atomic E-state index is 12.2. The van der Waals surface area contributed by atoms with Crippen molar-refractivity contribution in [2.75, 3.05) is 12.9 Å². The Labute approximate surface area is 100 Å². The fraction of sp³-hybridized carbons (Fsp3) is 0.462. The molecular formula is C13H16O2S. The van der Waals surface area contributed by atoms with Crippen LogP contribution in [0, 0.1) is 0 Å². The van der Waals surface area contributed by atoms with Crippen molar-refractivity contribution in [2.45, 2.75) is 24.5 Å². The van der Waals surface area contributed by atoms with Gasteiger partial charge in [0.25, 0.3) is 0 Å². The number of Topliss-reactive ketones (excluding diaryl/α,β-unsaturated/α-hetero) is 1. The van der Waals surface area contributed by atoms with Crippen molar-refractivity contribution < 1.29 is 9.53 Å². The lowest BCUT2D eigenvalue weighted by Gasteiger charge is -2.20. The number of thioether (sulfide) groups is 1. The second-order valence-electron chi connectivity index (χ2n) is 3.95. The van der Waals surface area contributed by atoms with E-state index in [-0.39, 0.29) is 11.0 Å². The van der Waals surface area contributed by atoms with Crippen LogP contribution >= 0.6 is 11.8 Å². The molecule has 3 heteroatoms. The van der Waals surface area contributed by atoms with Crippen molar-refractivity contribution in [2.24, 2.45) is 0 Å². The molecule has 1 aliphatic rings. The van der Waals surface area contributed by atoms with Gasteiger partial charge in [-0.2, -0.15) is 11.8 Å². The number of hydrogen-bond acceptors (Lipinski definition) is 3. The van der Waals surface area contributed by atoms with Crippen molar-refractivity contribution in [1.82, 2.24) is 0 Å². The summed E-state index contributed by atoms with van der Waals surface area (Å²) in [5.41, 5.74) is 0.777. The lowest BCUT2D eigenvalue weighted by atomic mass is 10.0. The maximum atomic E-state index is 12.2. The van der Waals surface area contributed by atoms with Crippen molar-refractivity contribution in [3.63, 3.8) is 0 Å². The number of benzene rings is 1. The molecule has 1 fully saturated rings. The van der Waals surface area contributed by atoms with E-state index in [0.717, 1.165) is 23.5 Å². The molecule has 0 spiro atoms. The average Bonchev–Trinajstić information content (AvgIpc) is 2.39. The predicted octanol–water partition coefficient (Wildman–Crippen LogP) is 3.16. The zero-order valence-corrected chi connectivity index (χ0v) is 10.3. The van der Waals surface area contributed by atoms with Crippen molar-refractivity contribution in [1.29, 1.82) is 0 Å². The summed E-state index contributed by atoms with van der Waals surface area (Å²) in [6.07, 6.45) is 3.43. The molecule has 1 aliphatic heterocycles. The highest BCUT2D eigenvalue weighted by Gasteiger charge is 2.22.